The van der Waals surface area contributed by atoms with Gasteiger partial charge in [-0.05, 0) is 35.4 Å². The van der Waals surface area contributed by atoms with Crippen molar-refractivity contribution in [2.45, 2.75) is 12.5 Å². The lowest BCUT2D eigenvalue weighted by atomic mass is 9.96. The molecule has 0 aliphatic carbocycles. The van der Waals surface area contributed by atoms with E-state index < -0.39 is 0 Å². The van der Waals surface area contributed by atoms with Gasteiger partial charge in [-0.3, -0.25) is 9.69 Å². The topological polar surface area (TPSA) is 32.8 Å². The summed E-state index contributed by atoms with van der Waals surface area (Å²) in [5, 5.41) is 0. The Kier molecular flexibility index (Phi) is 6.53. The van der Waals surface area contributed by atoms with Crippen molar-refractivity contribution in [2.75, 3.05) is 39.9 Å². The van der Waals surface area contributed by atoms with Crippen LogP contribution in [0.3, 0.4) is 0 Å². The Morgan fingerprint density at radius 2 is 1.41 bits per heavy atom. The number of methoxy groups -OCH3 is 1. The molecule has 1 fully saturated rings. The van der Waals surface area contributed by atoms with Crippen molar-refractivity contribution in [3.05, 3.63) is 71.3 Å². The van der Waals surface area contributed by atoms with E-state index in [2.05, 4.69) is 4.90 Å². The fraction of sp³-hybridized carbons (Fsp3) is 0.381. The molecule has 2 aromatic carbocycles. The molecule has 0 saturated carbocycles. The lowest BCUT2D eigenvalue weighted by Crippen LogP contribution is -2.50. The van der Waals surface area contributed by atoms with Crippen molar-refractivity contribution in [1.29, 1.82) is 0 Å². The zero-order valence-electron chi connectivity index (χ0n) is 15.4. The standard InChI is InChI=1S/C21H24F2N2O2/c1-27-15-10-20(26)24-11-13-25(14-12-24)21(16-2-6-18(22)7-3-16)17-4-8-19(23)9-5-17/h2-9,21H,10-15H2,1H3. The molecule has 1 aliphatic rings. The van der Waals surface area contributed by atoms with Crippen molar-refractivity contribution in [2.24, 2.45) is 0 Å². The summed E-state index contributed by atoms with van der Waals surface area (Å²) in [5.41, 5.74) is 1.89. The third-order valence-corrected chi connectivity index (χ3v) is 4.92. The quantitative estimate of drug-likeness (QED) is 0.778. The Hall–Kier alpha value is -2.31. The Morgan fingerprint density at radius 3 is 1.85 bits per heavy atom. The molecule has 0 radical (unpaired) electrons. The van der Waals surface area contributed by atoms with E-state index in [4.69, 9.17) is 4.74 Å². The Balaban J connectivity index is 1.77. The summed E-state index contributed by atoms with van der Waals surface area (Å²) >= 11 is 0. The number of carbonyl (C=O) groups is 1. The fourth-order valence-electron chi connectivity index (χ4n) is 3.48. The molecule has 1 aliphatic heterocycles. The van der Waals surface area contributed by atoms with Gasteiger partial charge in [-0.2, -0.15) is 0 Å². The average Bonchev–Trinajstić information content (AvgIpc) is 2.70. The number of piperazine rings is 1. The first-order valence-corrected chi connectivity index (χ1v) is 9.10. The summed E-state index contributed by atoms with van der Waals surface area (Å²) in [7, 11) is 1.58. The summed E-state index contributed by atoms with van der Waals surface area (Å²) < 4.78 is 31.7. The van der Waals surface area contributed by atoms with E-state index in [1.54, 1.807) is 31.4 Å². The number of rotatable bonds is 6. The summed E-state index contributed by atoms with van der Waals surface area (Å²) in [5.74, 6) is -0.480. The van der Waals surface area contributed by atoms with Crippen LogP contribution in [-0.2, 0) is 9.53 Å². The first-order valence-electron chi connectivity index (χ1n) is 9.10. The number of nitrogens with zero attached hydrogens (tertiary/aromatic N) is 2. The fourth-order valence-corrected chi connectivity index (χ4v) is 3.48. The van der Waals surface area contributed by atoms with Crippen molar-refractivity contribution in [1.82, 2.24) is 9.80 Å². The second-order valence-corrected chi connectivity index (χ2v) is 6.67. The van der Waals surface area contributed by atoms with Crippen molar-refractivity contribution in [3.63, 3.8) is 0 Å². The SMILES string of the molecule is COCCC(=O)N1CCN(C(c2ccc(F)cc2)c2ccc(F)cc2)CC1. The molecule has 3 rings (SSSR count). The molecular weight excluding hydrogens is 350 g/mol. The maximum absolute atomic E-state index is 13.4. The van der Waals surface area contributed by atoms with Crippen LogP contribution >= 0.6 is 0 Å². The highest BCUT2D eigenvalue weighted by Gasteiger charge is 2.28. The van der Waals surface area contributed by atoms with Crippen LogP contribution in [0.4, 0.5) is 8.78 Å². The van der Waals surface area contributed by atoms with E-state index in [0.717, 1.165) is 11.1 Å². The molecule has 0 N–H and O–H groups in total. The van der Waals surface area contributed by atoms with Gasteiger partial charge in [0.15, 0.2) is 0 Å². The number of carbonyl (C=O) groups excluding carboxylic acids is 1. The molecule has 0 atom stereocenters. The molecule has 1 heterocycles. The van der Waals surface area contributed by atoms with E-state index in [-0.39, 0.29) is 23.6 Å². The second kappa shape index (κ2) is 9.06. The van der Waals surface area contributed by atoms with Gasteiger partial charge in [-0.1, -0.05) is 24.3 Å². The van der Waals surface area contributed by atoms with Crippen LogP contribution in [0.15, 0.2) is 48.5 Å². The van der Waals surface area contributed by atoms with Gasteiger partial charge >= 0.3 is 0 Å². The summed E-state index contributed by atoms with van der Waals surface area (Å²) in [6, 6.07) is 12.7. The highest BCUT2D eigenvalue weighted by Crippen LogP contribution is 2.30. The van der Waals surface area contributed by atoms with Crippen molar-refractivity contribution < 1.29 is 18.3 Å². The van der Waals surface area contributed by atoms with Gasteiger partial charge in [0, 0.05) is 33.3 Å². The molecule has 0 aromatic heterocycles. The minimum absolute atomic E-state index is 0.0941. The van der Waals surface area contributed by atoms with Gasteiger partial charge in [0.05, 0.1) is 19.1 Å². The van der Waals surface area contributed by atoms with Crippen LogP contribution < -0.4 is 0 Å². The maximum atomic E-state index is 13.4. The van der Waals surface area contributed by atoms with Crippen LogP contribution in [0, 0.1) is 11.6 Å². The molecular formula is C21H24F2N2O2. The van der Waals surface area contributed by atoms with Crippen LogP contribution in [0.25, 0.3) is 0 Å². The minimum Gasteiger partial charge on any atom is -0.384 e. The van der Waals surface area contributed by atoms with E-state index in [1.807, 2.05) is 4.90 Å². The van der Waals surface area contributed by atoms with E-state index in [9.17, 15) is 13.6 Å². The summed E-state index contributed by atoms with van der Waals surface area (Å²) in [6.45, 7) is 3.06. The monoisotopic (exact) mass is 374 g/mol. The lowest BCUT2D eigenvalue weighted by Gasteiger charge is -2.39. The largest absolute Gasteiger partial charge is 0.384 e. The highest BCUT2D eigenvalue weighted by atomic mass is 19.1. The predicted molar refractivity (Wildman–Crippen MR) is 99.3 cm³/mol. The molecule has 6 heteroatoms. The molecule has 4 nitrogen and oxygen atoms in total. The van der Waals surface area contributed by atoms with Crippen molar-refractivity contribution in [3.8, 4) is 0 Å². The second-order valence-electron chi connectivity index (χ2n) is 6.67. The number of benzene rings is 2. The predicted octanol–water partition coefficient (Wildman–Crippen LogP) is 3.23. The van der Waals surface area contributed by atoms with Gasteiger partial charge in [-0.15, -0.1) is 0 Å². The average molecular weight is 374 g/mol. The normalized spacial score (nSPS) is 15.3. The summed E-state index contributed by atoms with van der Waals surface area (Å²) in [4.78, 5) is 16.3. The highest BCUT2D eigenvalue weighted by molar-refractivity contribution is 5.76. The minimum atomic E-state index is -0.287. The first kappa shape index (κ1) is 19.5. The molecule has 1 amide bonds. The van der Waals surface area contributed by atoms with Crippen molar-refractivity contribution >= 4 is 5.91 Å². The van der Waals surface area contributed by atoms with E-state index >= 15 is 0 Å². The third-order valence-electron chi connectivity index (χ3n) is 4.92. The van der Waals surface area contributed by atoms with Gasteiger partial charge < -0.3 is 9.64 Å². The van der Waals surface area contributed by atoms with Crippen LogP contribution in [0.1, 0.15) is 23.6 Å². The molecule has 2 aromatic rings. The molecule has 0 bridgehead atoms. The number of hydrogen-bond donors (Lipinski definition) is 0. The van der Waals surface area contributed by atoms with E-state index in [0.29, 0.717) is 39.2 Å². The smallest absolute Gasteiger partial charge is 0.224 e. The number of hydrogen-bond acceptors (Lipinski definition) is 3. The van der Waals surface area contributed by atoms with Gasteiger partial charge in [0.1, 0.15) is 11.6 Å². The zero-order chi connectivity index (χ0) is 19.2. The van der Waals surface area contributed by atoms with E-state index in [1.165, 1.54) is 24.3 Å². The lowest BCUT2D eigenvalue weighted by molar-refractivity contribution is -0.134. The Labute approximate surface area is 158 Å². The zero-order valence-corrected chi connectivity index (χ0v) is 15.4. The maximum Gasteiger partial charge on any atom is 0.224 e. The molecule has 1 saturated heterocycles. The Morgan fingerprint density at radius 1 is 0.926 bits per heavy atom. The van der Waals surface area contributed by atoms with Crippen LogP contribution in [0.5, 0.6) is 0 Å². The molecule has 0 spiro atoms. The number of ether oxygens (including phenoxy) is 1. The summed E-state index contributed by atoms with van der Waals surface area (Å²) in [6.07, 6.45) is 0.385. The van der Waals surface area contributed by atoms with Gasteiger partial charge in [-0.25, -0.2) is 8.78 Å². The molecule has 27 heavy (non-hydrogen) atoms. The van der Waals surface area contributed by atoms with Gasteiger partial charge in [0.2, 0.25) is 5.91 Å². The van der Waals surface area contributed by atoms with Crippen LogP contribution in [-0.4, -0.2) is 55.6 Å². The van der Waals surface area contributed by atoms with Crippen LogP contribution in [0.2, 0.25) is 0 Å². The number of amides is 1. The number of halogens is 2. The third kappa shape index (κ3) is 4.90. The molecule has 144 valence electrons. The Bertz CT molecular complexity index is 696. The van der Waals surface area contributed by atoms with Gasteiger partial charge in [0.25, 0.3) is 0 Å². The molecule has 0 unspecified atom stereocenters. The first-order chi connectivity index (χ1) is 13.1.